The van der Waals surface area contributed by atoms with E-state index in [4.69, 9.17) is 4.99 Å². The molecule has 2 saturated carbocycles. The van der Waals surface area contributed by atoms with Crippen LogP contribution in [0.3, 0.4) is 0 Å². The molecule has 3 heteroatoms. The lowest BCUT2D eigenvalue weighted by molar-refractivity contribution is 0.0560. The van der Waals surface area contributed by atoms with Gasteiger partial charge in [-0.25, -0.2) is 4.39 Å². The van der Waals surface area contributed by atoms with Gasteiger partial charge in [-0.3, -0.25) is 9.89 Å². The van der Waals surface area contributed by atoms with Crippen LogP contribution in [0.1, 0.15) is 78.6 Å². The molecule has 3 rings (SSSR count). The zero-order valence-electron chi connectivity index (χ0n) is 15.9. The molecule has 0 spiro atoms. The third-order valence-corrected chi connectivity index (χ3v) is 6.49. The Morgan fingerprint density at radius 1 is 1.25 bits per heavy atom. The quantitative estimate of drug-likeness (QED) is 0.603. The standard InChI is InChI=1S/C21H35FN2/c1-16-9-11-24(12-10-18-7-5-4-6-8-18)15-20(16)23-17(2)19-13-21(3,22)14-19/h18-19H,4-15H2,1-3H3. The molecule has 0 unspecified atom stereocenters. The minimum atomic E-state index is -0.955. The SMILES string of the molecule is CC(=NC1=C(C)CCN(CCC2CCCCC2)C1)C1CC(C)(F)C1. The fourth-order valence-corrected chi connectivity index (χ4v) is 4.63. The summed E-state index contributed by atoms with van der Waals surface area (Å²) in [5, 5.41) is 0. The van der Waals surface area contributed by atoms with Crippen LogP contribution in [0, 0.1) is 11.8 Å². The van der Waals surface area contributed by atoms with Crippen molar-refractivity contribution in [2.75, 3.05) is 19.6 Å². The fourth-order valence-electron chi connectivity index (χ4n) is 4.63. The van der Waals surface area contributed by atoms with Gasteiger partial charge in [0.15, 0.2) is 0 Å². The van der Waals surface area contributed by atoms with E-state index < -0.39 is 5.67 Å². The van der Waals surface area contributed by atoms with Crippen molar-refractivity contribution in [2.24, 2.45) is 16.8 Å². The van der Waals surface area contributed by atoms with E-state index in [1.54, 1.807) is 6.92 Å². The van der Waals surface area contributed by atoms with Crippen molar-refractivity contribution in [2.45, 2.75) is 84.2 Å². The van der Waals surface area contributed by atoms with Crippen LogP contribution in [0.5, 0.6) is 0 Å². The summed E-state index contributed by atoms with van der Waals surface area (Å²) in [4.78, 5) is 7.53. The fraction of sp³-hybridized carbons (Fsp3) is 0.857. The van der Waals surface area contributed by atoms with Crippen LogP contribution >= 0.6 is 0 Å². The molecule has 0 aromatic heterocycles. The average Bonchev–Trinajstić information content (AvgIpc) is 2.54. The third kappa shape index (κ3) is 4.68. The molecular weight excluding hydrogens is 299 g/mol. The summed E-state index contributed by atoms with van der Waals surface area (Å²) in [7, 11) is 0. The lowest BCUT2D eigenvalue weighted by atomic mass is 9.71. The minimum absolute atomic E-state index is 0.359. The maximum atomic E-state index is 13.7. The van der Waals surface area contributed by atoms with Gasteiger partial charge >= 0.3 is 0 Å². The lowest BCUT2D eigenvalue weighted by Gasteiger charge is -2.39. The Kier molecular flexibility index (Phi) is 5.79. The van der Waals surface area contributed by atoms with E-state index in [9.17, 15) is 4.39 Å². The number of aliphatic imine (C=N–C) groups is 1. The highest BCUT2D eigenvalue weighted by Crippen LogP contribution is 2.41. The van der Waals surface area contributed by atoms with E-state index in [1.165, 1.54) is 62.9 Å². The minimum Gasteiger partial charge on any atom is -0.297 e. The van der Waals surface area contributed by atoms with E-state index >= 15 is 0 Å². The van der Waals surface area contributed by atoms with Crippen molar-refractivity contribution < 1.29 is 4.39 Å². The number of hydrogen-bond donors (Lipinski definition) is 0. The average molecular weight is 335 g/mol. The molecule has 0 saturated heterocycles. The molecule has 2 fully saturated rings. The molecule has 2 nitrogen and oxygen atoms in total. The molecular formula is C21H35FN2. The van der Waals surface area contributed by atoms with Crippen molar-refractivity contribution in [3.8, 4) is 0 Å². The van der Waals surface area contributed by atoms with Gasteiger partial charge in [0, 0.05) is 24.7 Å². The molecule has 0 atom stereocenters. The Hall–Kier alpha value is -0.700. The Morgan fingerprint density at radius 2 is 1.96 bits per heavy atom. The van der Waals surface area contributed by atoms with Gasteiger partial charge in [-0.1, -0.05) is 32.1 Å². The molecule has 0 bridgehead atoms. The van der Waals surface area contributed by atoms with Gasteiger partial charge in [0.05, 0.1) is 5.70 Å². The second-order valence-corrected chi connectivity index (χ2v) is 8.82. The van der Waals surface area contributed by atoms with Gasteiger partial charge in [0.2, 0.25) is 0 Å². The van der Waals surface area contributed by atoms with Crippen molar-refractivity contribution in [3.63, 3.8) is 0 Å². The molecule has 24 heavy (non-hydrogen) atoms. The largest absolute Gasteiger partial charge is 0.297 e. The summed E-state index contributed by atoms with van der Waals surface area (Å²) < 4.78 is 13.7. The number of rotatable bonds is 5. The van der Waals surface area contributed by atoms with E-state index in [0.29, 0.717) is 18.8 Å². The van der Waals surface area contributed by atoms with Crippen LogP contribution in [0.2, 0.25) is 0 Å². The van der Waals surface area contributed by atoms with Crippen LogP contribution < -0.4 is 0 Å². The second kappa shape index (κ2) is 7.68. The Balaban J connectivity index is 1.51. The molecule has 0 aromatic carbocycles. The monoisotopic (exact) mass is 334 g/mol. The summed E-state index contributed by atoms with van der Waals surface area (Å²) >= 11 is 0. The normalized spacial score (nSPS) is 33.7. The number of halogens is 1. The van der Waals surface area contributed by atoms with E-state index in [2.05, 4.69) is 18.7 Å². The number of hydrogen-bond acceptors (Lipinski definition) is 2. The first-order valence-corrected chi connectivity index (χ1v) is 10.1. The Morgan fingerprint density at radius 3 is 2.62 bits per heavy atom. The first kappa shape index (κ1) is 18.1. The van der Waals surface area contributed by atoms with E-state index in [1.807, 2.05) is 0 Å². The van der Waals surface area contributed by atoms with Gasteiger partial charge in [-0.2, -0.15) is 0 Å². The summed E-state index contributed by atoms with van der Waals surface area (Å²) in [5.74, 6) is 1.31. The summed E-state index contributed by atoms with van der Waals surface area (Å²) in [6.45, 7) is 9.45. The molecule has 0 radical (unpaired) electrons. The summed E-state index contributed by atoms with van der Waals surface area (Å²) in [6, 6.07) is 0. The maximum absolute atomic E-state index is 13.7. The highest BCUT2D eigenvalue weighted by Gasteiger charge is 2.41. The Labute approximate surface area is 147 Å². The highest BCUT2D eigenvalue weighted by atomic mass is 19.1. The zero-order chi connectivity index (χ0) is 17.2. The molecule has 1 aliphatic heterocycles. The van der Waals surface area contributed by atoms with Crippen molar-refractivity contribution >= 4 is 5.71 Å². The van der Waals surface area contributed by atoms with E-state index in [0.717, 1.165) is 24.6 Å². The first-order chi connectivity index (χ1) is 11.4. The molecule has 3 aliphatic rings. The predicted molar refractivity (Wildman–Crippen MR) is 100 cm³/mol. The maximum Gasteiger partial charge on any atom is 0.109 e. The van der Waals surface area contributed by atoms with Gasteiger partial charge in [-0.05, 0) is 64.5 Å². The molecule has 0 amide bonds. The van der Waals surface area contributed by atoms with Crippen LogP contribution in [0.4, 0.5) is 4.39 Å². The number of alkyl halides is 1. The van der Waals surface area contributed by atoms with Crippen molar-refractivity contribution in [1.29, 1.82) is 0 Å². The topological polar surface area (TPSA) is 15.6 Å². The van der Waals surface area contributed by atoms with Crippen LogP contribution in [0.25, 0.3) is 0 Å². The smallest absolute Gasteiger partial charge is 0.109 e. The highest BCUT2D eigenvalue weighted by molar-refractivity contribution is 5.86. The lowest BCUT2D eigenvalue weighted by Crippen LogP contribution is -2.40. The summed E-state index contributed by atoms with van der Waals surface area (Å²) in [5.41, 5.74) is 2.89. The molecule has 0 N–H and O–H groups in total. The zero-order valence-corrected chi connectivity index (χ0v) is 15.9. The van der Waals surface area contributed by atoms with Crippen LogP contribution in [-0.2, 0) is 0 Å². The molecule has 0 aromatic rings. The second-order valence-electron chi connectivity index (χ2n) is 8.82. The van der Waals surface area contributed by atoms with Crippen molar-refractivity contribution in [3.05, 3.63) is 11.3 Å². The van der Waals surface area contributed by atoms with Crippen LogP contribution in [0.15, 0.2) is 16.3 Å². The molecule has 2 aliphatic carbocycles. The Bertz CT molecular complexity index is 492. The molecule has 1 heterocycles. The summed E-state index contributed by atoms with van der Waals surface area (Å²) in [6.07, 6.45) is 11.0. The van der Waals surface area contributed by atoms with Gasteiger partial charge in [0.25, 0.3) is 0 Å². The van der Waals surface area contributed by atoms with E-state index in [-0.39, 0.29) is 0 Å². The van der Waals surface area contributed by atoms with Crippen molar-refractivity contribution in [1.82, 2.24) is 4.90 Å². The van der Waals surface area contributed by atoms with Gasteiger partial charge < -0.3 is 0 Å². The predicted octanol–water partition coefficient (Wildman–Crippen LogP) is 5.54. The van der Waals surface area contributed by atoms with Crippen LogP contribution in [-0.4, -0.2) is 35.9 Å². The molecule has 136 valence electrons. The third-order valence-electron chi connectivity index (χ3n) is 6.49. The van der Waals surface area contributed by atoms with Gasteiger partial charge in [0.1, 0.15) is 5.67 Å². The van der Waals surface area contributed by atoms with Gasteiger partial charge in [-0.15, -0.1) is 0 Å². The number of nitrogens with zero attached hydrogens (tertiary/aromatic N) is 2. The first-order valence-electron chi connectivity index (χ1n) is 10.1.